The Balaban J connectivity index is 1.60. The van der Waals surface area contributed by atoms with Gasteiger partial charge in [-0.15, -0.1) is 0 Å². The first-order valence-corrected chi connectivity index (χ1v) is 8.39. The molecule has 5 heteroatoms. The van der Waals surface area contributed by atoms with Gasteiger partial charge in [0.2, 0.25) is 5.91 Å². The van der Waals surface area contributed by atoms with Gasteiger partial charge in [-0.1, -0.05) is 53.5 Å². The number of halogens is 2. The number of carbonyl (C=O) groups is 1. The van der Waals surface area contributed by atoms with E-state index in [0.29, 0.717) is 29.6 Å². The molecule has 0 saturated heterocycles. The number of amides is 1. The van der Waals surface area contributed by atoms with Crippen LogP contribution in [0.5, 0.6) is 0 Å². The number of hydrogen-bond acceptors (Lipinski definition) is 2. The third-order valence-corrected chi connectivity index (χ3v) is 3.79. The van der Waals surface area contributed by atoms with E-state index in [4.69, 9.17) is 23.2 Å². The molecule has 2 N–H and O–H groups in total. The molecule has 3 nitrogen and oxygen atoms in total. The molecule has 0 aliphatic carbocycles. The van der Waals surface area contributed by atoms with Crippen LogP contribution in [-0.2, 0) is 11.2 Å². The maximum Gasteiger partial charge on any atom is 0.221 e. The molecule has 0 spiro atoms. The molecule has 0 radical (unpaired) electrons. The fourth-order valence-corrected chi connectivity index (χ4v) is 2.76. The Labute approximate surface area is 147 Å². The SMILES string of the molecule is O=C(CCNc1cc(Cl)cc(Cl)c1)NCCCc1ccccc1. The molecule has 0 aliphatic heterocycles. The topological polar surface area (TPSA) is 41.1 Å². The fourth-order valence-electron chi connectivity index (χ4n) is 2.23. The summed E-state index contributed by atoms with van der Waals surface area (Å²) in [5.41, 5.74) is 2.11. The summed E-state index contributed by atoms with van der Waals surface area (Å²) in [6.07, 6.45) is 2.32. The van der Waals surface area contributed by atoms with Crippen LogP contribution >= 0.6 is 23.2 Å². The molecular weight excluding hydrogens is 331 g/mol. The van der Waals surface area contributed by atoms with Gasteiger partial charge in [0.05, 0.1) is 0 Å². The third-order valence-electron chi connectivity index (χ3n) is 3.35. The van der Waals surface area contributed by atoms with E-state index in [9.17, 15) is 4.79 Å². The van der Waals surface area contributed by atoms with E-state index < -0.39 is 0 Å². The Morgan fingerprint density at radius 3 is 2.35 bits per heavy atom. The predicted octanol–water partition coefficient (Wildman–Crippen LogP) is 4.54. The monoisotopic (exact) mass is 350 g/mol. The number of anilines is 1. The van der Waals surface area contributed by atoms with Crippen LogP contribution in [0, 0.1) is 0 Å². The number of rotatable bonds is 8. The van der Waals surface area contributed by atoms with Crippen molar-refractivity contribution in [2.45, 2.75) is 19.3 Å². The summed E-state index contributed by atoms with van der Waals surface area (Å²) >= 11 is 11.8. The van der Waals surface area contributed by atoms with Gasteiger partial charge in [-0.3, -0.25) is 4.79 Å². The predicted molar refractivity (Wildman–Crippen MR) is 97.3 cm³/mol. The summed E-state index contributed by atoms with van der Waals surface area (Å²) in [7, 11) is 0. The number of aryl methyl sites for hydroxylation is 1. The van der Waals surface area contributed by atoms with Crippen molar-refractivity contribution in [1.29, 1.82) is 0 Å². The zero-order valence-electron chi connectivity index (χ0n) is 12.8. The molecule has 0 aromatic heterocycles. The number of benzene rings is 2. The van der Waals surface area contributed by atoms with E-state index in [1.54, 1.807) is 18.2 Å². The van der Waals surface area contributed by atoms with E-state index in [2.05, 4.69) is 22.8 Å². The summed E-state index contributed by atoms with van der Waals surface area (Å²) in [6, 6.07) is 15.5. The molecular formula is C18H20Cl2N2O. The number of hydrogen-bond donors (Lipinski definition) is 2. The lowest BCUT2D eigenvalue weighted by Crippen LogP contribution is -2.26. The minimum Gasteiger partial charge on any atom is -0.384 e. The van der Waals surface area contributed by atoms with Crippen LogP contribution in [0.1, 0.15) is 18.4 Å². The second-order valence-electron chi connectivity index (χ2n) is 5.27. The van der Waals surface area contributed by atoms with Crippen molar-refractivity contribution < 1.29 is 4.79 Å². The summed E-state index contributed by atoms with van der Waals surface area (Å²) in [5, 5.41) is 7.22. The number of nitrogens with one attached hydrogen (secondary N) is 2. The molecule has 2 aromatic carbocycles. The normalized spacial score (nSPS) is 10.3. The van der Waals surface area contributed by atoms with Crippen LogP contribution in [-0.4, -0.2) is 19.0 Å². The van der Waals surface area contributed by atoms with Gasteiger partial charge >= 0.3 is 0 Å². The quantitative estimate of drug-likeness (QED) is 0.686. The van der Waals surface area contributed by atoms with Gasteiger partial charge in [0.1, 0.15) is 0 Å². The standard InChI is InChI=1S/C18H20Cl2N2O/c19-15-11-16(20)13-17(12-15)21-10-8-18(23)22-9-4-7-14-5-2-1-3-6-14/h1-3,5-6,11-13,21H,4,7-10H2,(H,22,23). The first-order chi connectivity index (χ1) is 11.1. The molecule has 0 bridgehead atoms. The smallest absolute Gasteiger partial charge is 0.221 e. The largest absolute Gasteiger partial charge is 0.384 e. The molecule has 2 rings (SSSR count). The molecule has 0 saturated carbocycles. The van der Waals surface area contributed by atoms with Gasteiger partial charge < -0.3 is 10.6 Å². The Hall–Kier alpha value is -1.71. The maximum atomic E-state index is 11.8. The molecule has 23 heavy (non-hydrogen) atoms. The van der Waals surface area contributed by atoms with Crippen LogP contribution in [0.2, 0.25) is 10.0 Å². The first kappa shape index (κ1) is 17.6. The van der Waals surface area contributed by atoms with E-state index in [1.807, 2.05) is 18.2 Å². The summed E-state index contributed by atoms with van der Waals surface area (Å²) in [5.74, 6) is 0.0405. The van der Waals surface area contributed by atoms with Gasteiger partial charge in [0.25, 0.3) is 0 Å². The average Bonchev–Trinajstić information content (AvgIpc) is 2.52. The second kappa shape index (κ2) is 9.43. The molecule has 0 atom stereocenters. The van der Waals surface area contributed by atoms with Crippen LogP contribution in [0.3, 0.4) is 0 Å². The van der Waals surface area contributed by atoms with E-state index in [1.165, 1.54) is 5.56 Å². The van der Waals surface area contributed by atoms with Crippen molar-refractivity contribution in [1.82, 2.24) is 5.32 Å². The maximum absolute atomic E-state index is 11.8. The van der Waals surface area contributed by atoms with Crippen LogP contribution in [0.25, 0.3) is 0 Å². The Morgan fingerprint density at radius 1 is 0.957 bits per heavy atom. The second-order valence-corrected chi connectivity index (χ2v) is 6.15. The highest BCUT2D eigenvalue weighted by atomic mass is 35.5. The van der Waals surface area contributed by atoms with Crippen molar-refractivity contribution in [2.75, 3.05) is 18.4 Å². The van der Waals surface area contributed by atoms with Crippen LogP contribution < -0.4 is 10.6 Å². The Bertz CT molecular complexity index is 612. The van der Waals surface area contributed by atoms with Crippen LogP contribution in [0.4, 0.5) is 5.69 Å². The molecule has 0 unspecified atom stereocenters. The lowest BCUT2D eigenvalue weighted by Gasteiger charge is -2.08. The van der Waals surface area contributed by atoms with E-state index in [-0.39, 0.29) is 5.91 Å². The van der Waals surface area contributed by atoms with Crippen molar-refractivity contribution in [3.63, 3.8) is 0 Å². The van der Waals surface area contributed by atoms with Crippen LogP contribution in [0.15, 0.2) is 48.5 Å². The summed E-state index contributed by atoms with van der Waals surface area (Å²) in [6.45, 7) is 1.23. The highest BCUT2D eigenvalue weighted by Crippen LogP contribution is 2.22. The summed E-state index contributed by atoms with van der Waals surface area (Å²) < 4.78 is 0. The molecule has 122 valence electrons. The molecule has 1 amide bonds. The molecule has 0 aliphatic rings. The zero-order valence-corrected chi connectivity index (χ0v) is 14.3. The van der Waals surface area contributed by atoms with Crippen molar-refractivity contribution in [2.24, 2.45) is 0 Å². The zero-order chi connectivity index (χ0) is 16.5. The van der Waals surface area contributed by atoms with E-state index >= 15 is 0 Å². The minimum absolute atomic E-state index is 0.0405. The first-order valence-electron chi connectivity index (χ1n) is 7.64. The molecule has 2 aromatic rings. The lowest BCUT2D eigenvalue weighted by molar-refractivity contribution is -0.120. The Morgan fingerprint density at radius 2 is 1.65 bits per heavy atom. The lowest BCUT2D eigenvalue weighted by atomic mass is 10.1. The van der Waals surface area contributed by atoms with Gasteiger partial charge in [-0.25, -0.2) is 0 Å². The summed E-state index contributed by atoms with van der Waals surface area (Å²) in [4.78, 5) is 11.8. The fraction of sp³-hybridized carbons (Fsp3) is 0.278. The average molecular weight is 351 g/mol. The van der Waals surface area contributed by atoms with Gasteiger partial charge in [0, 0.05) is 35.2 Å². The van der Waals surface area contributed by atoms with Gasteiger partial charge in [0.15, 0.2) is 0 Å². The highest BCUT2D eigenvalue weighted by molar-refractivity contribution is 6.35. The number of carbonyl (C=O) groups excluding carboxylic acids is 1. The van der Waals surface area contributed by atoms with Gasteiger partial charge in [-0.05, 0) is 36.6 Å². The minimum atomic E-state index is 0.0405. The molecule has 0 fully saturated rings. The van der Waals surface area contributed by atoms with Crippen molar-refractivity contribution in [3.05, 3.63) is 64.1 Å². The third kappa shape index (κ3) is 6.93. The van der Waals surface area contributed by atoms with Crippen molar-refractivity contribution >= 4 is 34.8 Å². The van der Waals surface area contributed by atoms with Crippen molar-refractivity contribution in [3.8, 4) is 0 Å². The highest BCUT2D eigenvalue weighted by Gasteiger charge is 2.02. The van der Waals surface area contributed by atoms with Gasteiger partial charge in [-0.2, -0.15) is 0 Å². The van der Waals surface area contributed by atoms with E-state index in [0.717, 1.165) is 18.5 Å². The Kier molecular flexibility index (Phi) is 7.24. The molecule has 0 heterocycles.